The van der Waals surface area contributed by atoms with Crippen molar-refractivity contribution < 1.29 is 17.9 Å². The van der Waals surface area contributed by atoms with Gasteiger partial charge in [0, 0.05) is 24.5 Å². The lowest BCUT2D eigenvalue weighted by Crippen LogP contribution is -2.05. The molecule has 0 aliphatic heterocycles. The van der Waals surface area contributed by atoms with E-state index in [0.29, 0.717) is 17.4 Å². The number of ether oxygens (including phenoxy) is 1. The van der Waals surface area contributed by atoms with Gasteiger partial charge in [-0.2, -0.15) is 0 Å². The molecule has 0 bridgehead atoms. The maximum absolute atomic E-state index is 15.4. The maximum atomic E-state index is 15.4. The molecule has 6 heteroatoms. The smallest absolute Gasteiger partial charge is 0.176 e. The number of nitrogens with one attached hydrogen (secondary N) is 2. The molecule has 0 saturated heterocycles. The van der Waals surface area contributed by atoms with Crippen LogP contribution in [-0.2, 0) is 0 Å². The summed E-state index contributed by atoms with van der Waals surface area (Å²) in [5, 5.41) is 6.64. The van der Waals surface area contributed by atoms with Crippen LogP contribution < -0.4 is 15.4 Å². The normalized spacial score (nSPS) is 15.4. The molecule has 0 heterocycles. The first-order valence-electron chi connectivity index (χ1n) is 11.5. The van der Waals surface area contributed by atoms with Gasteiger partial charge in [-0.15, -0.1) is 0 Å². The van der Waals surface area contributed by atoms with Crippen molar-refractivity contribution in [2.75, 3.05) is 30.8 Å². The first-order chi connectivity index (χ1) is 16.0. The molecule has 5 rings (SSSR count). The third kappa shape index (κ3) is 4.65. The van der Waals surface area contributed by atoms with Gasteiger partial charge in [-0.1, -0.05) is 24.3 Å². The molecule has 0 aromatic heterocycles. The Labute approximate surface area is 192 Å². The summed E-state index contributed by atoms with van der Waals surface area (Å²) in [7, 11) is 1.26. The zero-order valence-corrected chi connectivity index (χ0v) is 18.6. The topological polar surface area (TPSA) is 33.3 Å². The predicted molar refractivity (Wildman–Crippen MR) is 126 cm³/mol. The summed E-state index contributed by atoms with van der Waals surface area (Å²) in [6.07, 6.45) is 4.93. The lowest BCUT2D eigenvalue weighted by Gasteiger charge is -2.17. The van der Waals surface area contributed by atoms with Crippen LogP contribution in [0.2, 0.25) is 0 Å². The highest BCUT2D eigenvalue weighted by Gasteiger charge is 2.28. The predicted octanol–water partition coefficient (Wildman–Crippen LogP) is 7.09. The summed E-state index contributed by atoms with van der Waals surface area (Å²) in [6, 6.07) is 13.6. The van der Waals surface area contributed by atoms with E-state index in [1.165, 1.54) is 32.8 Å². The van der Waals surface area contributed by atoms with Gasteiger partial charge in [0.05, 0.1) is 18.2 Å². The molecule has 3 aromatic carbocycles. The molecule has 2 aliphatic rings. The van der Waals surface area contributed by atoms with Crippen LogP contribution in [0.4, 0.5) is 24.5 Å². The third-order valence-corrected chi connectivity index (χ3v) is 6.41. The van der Waals surface area contributed by atoms with Gasteiger partial charge in [0.15, 0.2) is 23.2 Å². The SMILES string of the molecule is COc1c(F)c(-c2ccc(NCC3CC3)cc2)c(F)c(F)c1-c1ccc(NCC2CC2)cc1. The lowest BCUT2D eigenvalue weighted by molar-refractivity contribution is 0.380. The molecular weight excluding hydrogens is 425 g/mol. The second-order valence-corrected chi connectivity index (χ2v) is 9.03. The number of hydrogen-bond acceptors (Lipinski definition) is 3. The van der Waals surface area contributed by atoms with E-state index in [0.717, 1.165) is 24.5 Å². The van der Waals surface area contributed by atoms with E-state index in [-0.39, 0.29) is 16.9 Å². The van der Waals surface area contributed by atoms with E-state index in [4.69, 9.17) is 4.74 Å². The third-order valence-electron chi connectivity index (χ3n) is 6.41. The molecule has 2 N–H and O–H groups in total. The molecule has 3 nitrogen and oxygen atoms in total. The van der Waals surface area contributed by atoms with Crippen molar-refractivity contribution in [3.8, 4) is 28.0 Å². The van der Waals surface area contributed by atoms with Crippen LogP contribution in [0.15, 0.2) is 48.5 Å². The lowest BCUT2D eigenvalue weighted by atomic mass is 9.96. The Morgan fingerprint density at radius 3 is 1.52 bits per heavy atom. The molecule has 33 heavy (non-hydrogen) atoms. The van der Waals surface area contributed by atoms with Gasteiger partial charge in [0.1, 0.15) is 0 Å². The minimum Gasteiger partial charge on any atom is -0.493 e. The van der Waals surface area contributed by atoms with E-state index >= 15 is 13.2 Å². The molecular formula is C27H27F3N2O. The van der Waals surface area contributed by atoms with Crippen molar-refractivity contribution in [2.45, 2.75) is 25.7 Å². The Morgan fingerprint density at radius 1 is 0.667 bits per heavy atom. The van der Waals surface area contributed by atoms with Gasteiger partial charge in [-0.25, -0.2) is 13.2 Å². The van der Waals surface area contributed by atoms with Crippen molar-refractivity contribution in [3.63, 3.8) is 0 Å². The average molecular weight is 453 g/mol. The molecule has 0 unspecified atom stereocenters. The molecule has 3 aromatic rings. The highest BCUT2D eigenvalue weighted by Crippen LogP contribution is 2.42. The second-order valence-electron chi connectivity index (χ2n) is 9.03. The second kappa shape index (κ2) is 9.00. The Kier molecular flexibility index (Phi) is 5.92. The highest BCUT2D eigenvalue weighted by atomic mass is 19.2. The summed E-state index contributed by atoms with van der Waals surface area (Å²) < 4.78 is 51.1. The van der Waals surface area contributed by atoms with E-state index in [1.54, 1.807) is 48.5 Å². The van der Waals surface area contributed by atoms with Crippen molar-refractivity contribution in [1.82, 2.24) is 0 Å². The fourth-order valence-corrected chi connectivity index (χ4v) is 4.02. The molecule has 0 amide bonds. The standard InChI is InChI=1S/C27H27F3N2O/c1-33-27-23(19-8-12-21(13-9-19)32-15-17-4-5-17)25(29)24(28)22(26(27)30)18-6-10-20(11-7-18)31-14-16-2-3-16/h6-13,16-17,31-32H,2-5,14-15H2,1H3. The molecule has 2 fully saturated rings. The molecule has 0 atom stereocenters. The monoisotopic (exact) mass is 452 g/mol. The summed E-state index contributed by atoms with van der Waals surface area (Å²) >= 11 is 0. The first kappa shape index (κ1) is 21.7. The van der Waals surface area contributed by atoms with Gasteiger partial charge in [-0.05, 0) is 72.9 Å². The molecule has 0 radical (unpaired) electrons. The number of anilines is 2. The van der Waals surface area contributed by atoms with Crippen LogP contribution in [0.3, 0.4) is 0 Å². The van der Waals surface area contributed by atoms with E-state index in [2.05, 4.69) is 10.6 Å². The van der Waals surface area contributed by atoms with Crippen LogP contribution in [0, 0.1) is 29.3 Å². The minimum absolute atomic E-state index is 0.215. The largest absolute Gasteiger partial charge is 0.493 e. The van der Waals surface area contributed by atoms with Gasteiger partial charge in [0.25, 0.3) is 0 Å². The van der Waals surface area contributed by atoms with Crippen LogP contribution in [0.1, 0.15) is 25.7 Å². The Morgan fingerprint density at radius 2 is 1.09 bits per heavy atom. The Hall–Kier alpha value is -3.15. The average Bonchev–Trinajstić information content (AvgIpc) is 3.75. The van der Waals surface area contributed by atoms with Crippen LogP contribution in [0.25, 0.3) is 22.3 Å². The summed E-state index contributed by atoms with van der Waals surface area (Å²) in [4.78, 5) is 0. The molecule has 0 spiro atoms. The highest BCUT2D eigenvalue weighted by molar-refractivity contribution is 5.79. The Bertz CT molecular complexity index is 1140. The molecule has 2 saturated carbocycles. The molecule has 2 aliphatic carbocycles. The zero-order chi connectivity index (χ0) is 22.9. The number of methoxy groups -OCH3 is 1. The quantitative estimate of drug-likeness (QED) is 0.340. The fourth-order valence-electron chi connectivity index (χ4n) is 4.02. The number of rotatable bonds is 9. The fraction of sp³-hybridized carbons (Fsp3) is 0.333. The number of halogens is 3. The summed E-state index contributed by atoms with van der Waals surface area (Å²) in [6.45, 7) is 1.78. The van der Waals surface area contributed by atoms with E-state index in [1.807, 2.05) is 0 Å². The summed E-state index contributed by atoms with van der Waals surface area (Å²) in [5.41, 5.74) is 1.72. The van der Waals surface area contributed by atoms with Gasteiger partial charge < -0.3 is 15.4 Å². The maximum Gasteiger partial charge on any atom is 0.176 e. The van der Waals surface area contributed by atoms with Crippen LogP contribution >= 0.6 is 0 Å². The minimum atomic E-state index is -1.22. The number of hydrogen-bond donors (Lipinski definition) is 2. The zero-order valence-electron chi connectivity index (χ0n) is 18.6. The van der Waals surface area contributed by atoms with E-state index < -0.39 is 23.0 Å². The molecule has 172 valence electrons. The first-order valence-corrected chi connectivity index (χ1v) is 11.5. The van der Waals surface area contributed by atoms with Crippen LogP contribution in [-0.4, -0.2) is 20.2 Å². The van der Waals surface area contributed by atoms with Gasteiger partial charge in [-0.3, -0.25) is 0 Å². The number of benzene rings is 3. The van der Waals surface area contributed by atoms with Crippen molar-refractivity contribution in [2.24, 2.45) is 11.8 Å². The van der Waals surface area contributed by atoms with Crippen molar-refractivity contribution >= 4 is 11.4 Å². The summed E-state index contributed by atoms with van der Waals surface area (Å²) in [5.74, 6) is -2.16. The van der Waals surface area contributed by atoms with Gasteiger partial charge in [0.2, 0.25) is 0 Å². The van der Waals surface area contributed by atoms with E-state index in [9.17, 15) is 0 Å². The van der Waals surface area contributed by atoms with Crippen molar-refractivity contribution in [1.29, 1.82) is 0 Å². The van der Waals surface area contributed by atoms with Crippen molar-refractivity contribution in [3.05, 3.63) is 66.0 Å². The van der Waals surface area contributed by atoms with Crippen LogP contribution in [0.5, 0.6) is 5.75 Å². The van der Waals surface area contributed by atoms with Gasteiger partial charge >= 0.3 is 0 Å². The Balaban J connectivity index is 1.45.